The van der Waals surface area contributed by atoms with E-state index in [1.54, 1.807) is 0 Å². The predicted molar refractivity (Wildman–Crippen MR) is 64.6 cm³/mol. The molecule has 92 valence electrons. The molecule has 2 heterocycles. The maximum atomic E-state index is 11.1. The molecule has 0 aromatic carbocycles. The molecule has 5 nitrogen and oxygen atoms in total. The van der Waals surface area contributed by atoms with E-state index >= 15 is 0 Å². The van der Waals surface area contributed by atoms with Gasteiger partial charge in [0.1, 0.15) is 5.56 Å². The molecule has 1 aromatic rings. The number of hydrogen-bond acceptors (Lipinski definition) is 4. The molecule has 0 atom stereocenters. The molecule has 6 heteroatoms. The molecular formula is C11H14ClN3O2. The van der Waals surface area contributed by atoms with Crippen molar-refractivity contribution in [2.75, 3.05) is 18.0 Å². The monoisotopic (exact) mass is 255 g/mol. The summed E-state index contributed by atoms with van der Waals surface area (Å²) in [4.78, 5) is 13.1. The summed E-state index contributed by atoms with van der Waals surface area (Å²) in [7, 11) is 0. The van der Waals surface area contributed by atoms with Crippen LogP contribution in [-0.2, 0) is 0 Å². The molecule has 0 spiro atoms. The van der Waals surface area contributed by atoms with Gasteiger partial charge in [-0.1, -0.05) is 18.5 Å². The van der Waals surface area contributed by atoms with Crippen LogP contribution in [-0.4, -0.2) is 34.4 Å². The van der Waals surface area contributed by atoms with Gasteiger partial charge in [0.2, 0.25) is 0 Å². The molecule has 0 radical (unpaired) electrons. The second-order valence-corrected chi connectivity index (χ2v) is 4.77. The van der Waals surface area contributed by atoms with Gasteiger partial charge in [0.25, 0.3) is 0 Å². The molecule has 2 rings (SSSR count). The Morgan fingerprint density at radius 1 is 1.47 bits per heavy atom. The van der Waals surface area contributed by atoms with E-state index in [9.17, 15) is 4.79 Å². The molecule has 0 saturated carbocycles. The van der Waals surface area contributed by atoms with E-state index in [-0.39, 0.29) is 10.7 Å². The highest BCUT2D eigenvalue weighted by Gasteiger charge is 2.22. The third-order valence-electron chi connectivity index (χ3n) is 3.06. The first-order valence-corrected chi connectivity index (χ1v) is 5.97. The number of anilines is 1. The van der Waals surface area contributed by atoms with Gasteiger partial charge in [0, 0.05) is 13.1 Å². The standard InChI is InChI=1S/C11H14ClN3O2/c1-7-2-4-15(5-3-7)10-8(11(16)17)6-9(12)13-14-10/h6-7H,2-5H2,1H3,(H,16,17). The van der Waals surface area contributed by atoms with Crippen LogP contribution in [0.25, 0.3) is 0 Å². The summed E-state index contributed by atoms with van der Waals surface area (Å²) in [6.45, 7) is 3.83. The zero-order chi connectivity index (χ0) is 12.4. The maximum absolute atomic E-state index is 11.1. The summed E-state index contributed by atoms with van der Waals surface area (Å²) in [5.41, 5.74) is 0.125. The van der Waals surface area contributed by atoms with Crippen LogP contribution in [0.4, 0.5) is 5.82 Å². The van der Waals surface area contributed by atoms with Gasteiger partial charge in [0.15, 0.2) is 11.0 Å². The number of carboxylic acid groups (broad SMARTS) is 1. The van der Waals surface area contributed by atoms with E-state index in [4.69, 9.17) is 16.7 Å². The normalized spacial score (nSPS) is 17.2. The van der Waals surface area contributed by atoms with Crippen molar-refractivity contribution < 1.29 is 9.90 Å². The van der Waals surface area contributed by atoms with Crippen molar-refractivity contribution in [3.8, 4) is 0 Å². The Morgan fingerprint density at radius 2 is 2.12 bits per heavy atom. The highest BCUT2D eigenvalue weighted by Crippen LogP contribution is 2.25. The predicted octanol–water partition coefficient (Wildman–Crippen LogP) is 2.06. The van der Waals surface area contributed by atoms with Crippen molar-refractivity contribution in [2.45, 2.75) is 19.8 Å². The molecule has 17 heavy (non-hydrogen) atoms. The Balaban J connectivity index is 2.28. The largest absolute Gasteiger partial charge is 0.478 e. The molecular weight excluding hydrogens is 242 g/mol. The van der Waals surface area contributed by atoms with Crippen molar-refractivity contribution in [1.82, 2.24) is 10.2 Å². The molecule has 1 aromatic heterocycles. The van der Waals surface area contributed by atoms with Gasteiger partial charge in [-0.05, 0) is 24.8 Å². The molecule has 1 fully saturated rings. The van der Waals surface area contributed by atoms with Crippen LogP contribution in [0.3, 0.4) is 0 Å². The molecule has 0 aliphatic carbocycles. The topological polar surface area (TPSA) is 66.3 Å². The Bertz CT molecular complexity index is 431. The van der Waals surface area contributed by atoms with Crippen LogP contribution >= 0.6 is 11.6 Å². The van der Waals surface area contributed by atoms with Gasteiger partial charge in [-0.25, -0.2) is 4.79 Å². The van der Waals surface area contributed by atoms with Gasteiger partial charge in [0.05, 0.1) is 0 Å². The Kier molecular flexibility index (Phi) is 3.47. The zero-order valence-electron chi connectivity index (χ0n) is 9.56. The molecule has 0 bridgehead atoms. The number of aromatic carboxylic acids is 1. The van der Waals surface area contributed by atoms with E-state index in [2.05, 4.69) is 17.1 Å². The second kappa shape index (κ2) is 4.87. The fourth-order valence-electron chi connectivity index (χ4n) is 1.97. The van der Waals surface area contributed by atoms with E-state index in [1.165, 1.54) is 6.07 Å². The van der Waals surface area contributed by atoms with E-state index in [0.29, 0.717) is 11.7 Å². The minimum absolute atomic E-state index is 0.108. The van der Waals surface area contributed by atoms with Crippen molar-refractivity contribution in [3.63, 3.8) is 0 Å². The SMILES string of the molecule is CC1CCN(c2nnc(Cl)cc2C(=O)O)CC1. The zero-order valence-corrected chi connectivity index (χ0v) is 10.3. The summed E-state index contributed by atoms with van der Waals surface area (Å²) in [5.74, 6) is 0.0870. The van der Waals surface area contributed by atoms with E-state index in [1.807, 2.05) is 4.90 Å². The van der Waals surface area contributed by atoms with Crippen LogP contribution in [0.2, 0.25) is 5.15 Å². The van der Waals surface area contributed by atoms with Gasteiger partial charge in [-0.15, -0.1) is 10.2 Å². The maximum Gasteiger partial charge on any atom is 0.339 e. The number of halogens is 1. The second-order valence-electron chi connectivity index (χ2n) is 4.38. The molecule has 1 N–H and O–H groups in total. The van der Waals surface area contributed by atoms with Gasteiger partial charge < -0.3 is 10.0 Å². The number of hydrogen-bond donors (Lipinski definition) is 1. The molecule has 0 amide bonds. The van der Waals surface area contributed by atoms with Crippen LogP contribution in [0.5, 0.6) is 0 Å². The highest BCUT2D eigenvalue weighted by atomic mass is 35.5. The number of carboxylic acids is 1. The average Bonchev–Trinajstić information content (AvgIpc) is 2.30. The Hall–Kier alpha value is -1.36. The van der Waals surface area contributed by atoms with Crippen molar-refractivity contribution >= 4 is 23.4 Å². The first-order chi connectivity index (χ1) is 8.08. The van der Waals surface area contributed by atoms with Crippen molar-refractivity contribution in [3.05, 3.63) is 16.8 Å². The van der Waals surface area contributed by atoms with Crippen molar-refractivity contribution in [1.29, 1.82) is 0 Å². The number of carbonyl (C=O) groups is 1. The van der Waals surface area contributed by atoms with Crippen molar-refractivity contribution in [2.24, 2.45) is 5.92 Å². The van der Waals surface area contributed by atoms with Crippen LogP contribution in [0.15, 0.2) is 6.07 Å². The lowest BCUT2D eigenvalue weighted by Crippen LogP contribution is -2.34. The molecule has 1 aliphatic rings. The lowest BCUT2D eigenvalue weighted by atomic mass is 9.99. The van der Waals surface area contributed by atoms with Crippen LogP contribution < -0.4 is 4.90 Å². The third-order valence-corrected chi connectivity index (χ3v) is 3.24. The minimum atomic E-state index is -1.02. The summed E-state index contributed by atoms with van der Waals surface area (Å²) in [6, 6.07) is 1.35. The Morgan fingerprint density at radius 3 is 2.71 bits per heavy atom. The summed E-state index contributed by atoms with van der Waals surface area (Å²) in [6.07, 6.45) is 2.09. The summed E-state index contributed by atoms with van der Waals surface area (Å²) >= 11 is 5.67. The number of aromatic nitrogens is 2. The minimum Gasteiger partial charge on any atom is -0.478 e. The van der Waals surface area contributed by atoms with Gasteiger partial charge in [-0.3, -0.25) is 0 Å². The van der Waals surface area contributed by atoms with E-state index in [0.717, 1.165) is 25.9 Å². The highest BCUT2D eigenvalue weighted by molar-refractivity contribution is 6.29. The number of rotatable bonds is 2. The number of piperidine rings is 1. The van der Waals surface area contributed by atoms with Crippen LogP contribution in [0.1, 0.15) is 30.1 Å². The summed E-state index contributed by atoms with van der Waals surface area (Å²) < 4.78 is 0. The lowest BCUT2D eigenvalue weighted by Gasteiger charge is -2.31. The first kappa shape index (κ1) is 12.1. The first-order valence-electron chi connectivity index (χ1n) is 5.59. The quantitative estimate of drug-likeness (QED) is 0.876. The van der Waals surface area contributed by atoms with Crippen LogP contribution in [0, 0.1) is 5.92 Å². The van der Waals surface area contributed by atoms with Gasteiger partial charge >= 0.3 is 5.97 Å². The summed E-state index contributed by atoms with van der Waals surface area (Å²) in [5, 5.41) is 16.9. The fourth-order valence-corrected chi connectivity index (χ4v) is 2.12. The Labute approximate surface area is 104 Å². The number of nitrogens with zero attached hydrogens (tertiary/aromatic N) is 3. The van der Waals surface area contributed by atoms with Gasteiger partial charge in [-0.2, -0.15) is 0 Å². The fraction of sp³-hybridized carbons (Fsp3) is 0.545. The van der Waals surface area contributed by atoms with E-state index < -0.39 is 5.97 Å². The smallest absolute Gasteiger partial charge is 0.339 e. The molecule has 1 saturated heterocycles. The molecule has 0 unspecified atom stereocenters. The molecule has 1 aliphatic heterocycles. The average molecular weight is 256 g/mol. The third kappa shape index (κ3) is 2.66. The lowest BCUT2D eigenvalue weighted by molar-refractivity contribution is 0.0697.